The van der Waals surface area contributed by atoms with Gasteiger partial charge in [0, 0.05) is 29.8 Å². The van der Waals surface area contributed by atoms with Crippen LogP contribution in [0.4, 0.5) is 5.82 Å². The summed E-state index contributed by atoms with van der Waals surface area (Å²) in [6.45, 7) is 7.91. The number of carbonyl (C=O) groups excluding carboxylic acids is 2. The maximum atomic E-state index is 12.6. The zero-order valence-corrected chi connectivity index (χ0v) is 18.0. The van der Waals surface area contributed by atoms with Gasteiger partial charge in [-0.2, -0.15) is 10.2 Å². The minimum Gasteiger partial charge on any atom is -0.469 e. The van der Waals surface area contributed by atoms with Crippen LogP contribution in [-0.4, -0.2) is 38.5 Å². The average Bonchev–Trinajstić information content (AvgIpc) is 3.30. The van der Waals surface area contributed by atoms with E-state index in [4.69, 9.17) is 4.74 Å². The van der Waals surface area contributed by atoms with E-state index in [1.165, 1.54) is 7.11 Å². The standard InChI is InChI=1S/C22H27N5O3/c1-14(2)26-20(12-13-23-26)24-22(29)17-6-8-18(9-7-17)27-16(4)19(15(3)25-27)10-11-21(28)30-5/h6-9,12-14H,10-11H2,1-5H3,(H,24,29). The second kappa shape index (κ2) is 8.94. The van der Waals surface area contributed by atoms with Crippen LogP contribution in [-0.2, 0) is 16.0 Å². The number of rotatable bonds is 7. The largest absolute Gasteiger partial charge is 0.469 e. The molecule has 0 atom stereocenters. The highest BCUT2D eigenvalue weighted by molar-refractivity contribution is 6.03. The molecule has 0 saturated carbocycles. The monoisotopic (exact) mass is 409 g/mol. The van der Waals surface area contributed by atoms with Crippen LogP contribution in [0.2, 0.25) is 0 Å². The van der Waals surface area contributed by atoms with Crippen molar-refractivity contribution in [3.63, 3.8) is 0 Å². The van der Waals surface area contributed by atoms with E-state index in [-0.39, 0.29) is 17.9 Å². The molecule has 3 rings (SSSR count). The molecule has 158 valence electrons. The van der Waals surface area contributed by atoms with Gasteiger partial charge in [-0.05, 0) is 63.9 Å². The van der Waals surface area contributed by atoms with Crippen molar-refractivity contribution in [3.8, 4) is 5.69 Å². The zero-order chi connectivity index (χ0) is 21.8. The number of hydrogen-bond donors (Lipinski definition) is 1. The van der Waals surface area contributed by atoms with E-state index in [9.17, 15) is 9.59 Å². The highest BCUT2D eigenvalue weighted by Gasteiger charge is 2.15. The van der Waals surface area contributed by atoms with Gasteiger partial charge < -0.3 is 10.1 Å². The van der Waals surface area contributed by atoms with Crippen molar-refractivity contribution in [3.05, 3.63) is 59.0 Å². The number of methoxy groups -OCH3 is 1. The first kappa shape index (κ1) is 21.3. The van der Waals surface area contributed by atoms with Gasteiger partial charge in [0.2, 0.25) is 0 Å². The first-order valence-electron chi connectivity index (χ1n) is 9.89. The topological polar surface area (TPSA) is 91.0 Å². The molecule has 0 aliphatic rings. The molecule has 0 bridgehead atoms. The van der Waals surface area contributed by atoms with Gasteiger partial charge in [0.05, 0.1) is 24.7 Å². The summed E-state index contributed by atoms with van der Waals surface area (Å²) in [5.41, 5.74) is 4.27. The van der Waals surface area contributed by atoms with Crippen LogP contribution < -0.4 is 5.32 Å². The molecule has 0 spiro atoms. The second-order valence-corrected chi connectivity index (χ2v) is 7.39. The molecule has 8 nitrogen and oxygen atoms in total. The van der Waals surface area contributed by atoms with Crippen LogP contribution in [0.5, 0.6) is 0 Å². The predicted octanol–water partition coefficient (Wildman–Crippen LogP) is 3.62. The van der Waals surface area contributed by atoms with Crippen LogP contribution in [0.1, 0.15) is 53.6 Å². The van der Waals surface area contributed by atoms with Gasteiger partial charge in [-0.3, -0.25) is 9.59 Å². The van der Waals surface area contributed by atoms with E-state index in [1.54, 1.807) is 29.1 Å². The number of aryl methyl sites for hydroxylation is 1. The molecule has 30 heavy (non-hydrogen) atoms. The predicted molar refractivity (Wildman–Crippen MR) is 114 cm³/mol. The summed E-state index contributed by atoms with van der Waals surface area (Å²) >= 11 is 0. The molecule has 2 heterocycles. The summed E-state index contributed by atoms with van der Waals surface area (Å²) in [5.74, 6) is 0.222. The van der Waals surface area contributed by atoms with Crippen molar-refractivity contribution in [2.45, 2.75) is 46.6 Å². The van der Waals surface area contributed by atoms with Crippen molar-refractivity contribution >= 4 is 17.7 Å². The Hall–Kier alpha value is -3.42. The summed E-state index contributed by atoms with van der Waals surface area (Å²) < 4.78 is 8.32. The zero-order valence-electron chi connectivity index (χ0n) is 18.0. The molecule has 8 heteroatoms. The van der Waals surface area contributed by atoms with E-state index in [0.29, 0.717) is 24.2 Å². The highest BCUT2D eigenvalue weighted by Crippen LogP contribution is 2.21. The van der Waals surface area contributed by atoms with Gasteiger partial charge >= 0.3 is 5.97 Å². The first-order valence-corrected chi connectivity index (χ1v) is 9.89. The van der Waals surface area contributed by atoms with Gasteiger partial charge in [-0.1, -0.05) is 0 Å². The Morgan fingerprint density at radius 2 is 1.83 bits per heavy atom. The van der Waals surface area contributed by atoms with Crippen molar-refractivity contribution in [2.24, 2.45) is 0 Å². The summed E-state index contributed by atoms with van der Waals surface area (Å²) in [6.07, 6.45) is 2.56. The number of ether oxygens (including phenoxy) is 1. The van der Waals surface area contributed by atoms with Gasteiger partial charge in [-0.25, -0.2) is 9.36 Å². The molecule has 0 aliphatic heterocycles. The Balaban J connectivity index is 1.76. The van der Waals surface area contributed by atoms with Crippen LogP contribution in [0.3, 0.4) is 0 Å². The lowest BCUT2D eigenvalue weighted by Crippen LogP contribution is -2.16. The third-order valence-electron chi connectivity index (χ3n) is 5.02. The molecule has 1 N–H and O–H groups in total. The summed E-state index contributed by atoms with van der Waals surface area (Å²) in [4.78, 5) is 24.1. The molecule has 1 aromatic carbocycles. The Morgan fingerprint density at radius 1 is 1.13 bits per heavy atom. The Bertz CT molecular complexity index is 1050. The van der Waals surface area contributed by atoms with Crippen LogP contribution in [0.15, 0.2) is 36.5 Å². The fraction of sp³-hybridized carbons (Fsp3) is 0.364. The molecule has 0 radical (unpaired) electrons. The van der Waals surface area contributed by atoms with Gasteiger partial charge in [-0.15, -0.1) is 0 Å². The van der Waals surface area contributed by atoms with E-state index in [0.717, 1.165) is 22.6 Å². The Morgan fingerprint density at radius 3 is 2.47 bits per heavy atom. The molecule has 2 aromatic heterocycles. The third kappa shape index (κ3) is 4.42. The fourth-order valence-corrected chi connectivity index (χ4v) is 3.38. The molecule has 0 fully saturated rings. The fourth-order valence-electron chi connectivity index (χ4n) is 3.38. The number of esters is 1. The molecule has 1 amide bonds. The summed E-state index contributed by atoms with van der Waals surface area (Å²) in [5, 5.41) is 11.7. The van der Waals surface area contributed by atoms with E-state index in [2.05, 4.69) is 15.5 Å². The van der Waals surface area contributed by atoms with Gasteiger partial charge in [0.25, 0.3) is 5.91 Å². The maximum absolute atomic E-state index is 12.6. The lowest BCUT2D eigenvalue weighted by atomic mass is 10.1. The second-order valence-electron chi connectivity index (χ2n) is 7.39. The number of nitrogens with zero attached hydrogens (tertiary/aromatic N) is 4. The van der Waals surface area contributed by atoms with Crippen molar-refractivity contribution in [2.75, 3.05) is 12.4 Å². The third-order valence-corrected chi connectivity index (χ3v) is 5.02. The minimum absolute atomic E-state index is 0.150. The van der Waals surface area contributed by atoms with Gasteiger partial charge in [0.15, 0.2) is 0 Å². The summed E-state index contributed by atoms with van der Waals surface area (Å²) in [7, 11) is 1.39. The Kier molecular flexibility index (Phi) is 6.34. The number of benzene rings is 1. The van der Waals surface area contributed by atoms with E-state index < -0.39 is 0 Å². The lowest BCUT2D eigenvalue weighted by molar-refractivity contribution is -0.140. The molecule has 3 aromatic rings. The summed E-state index contributed by atoms with van der Waals surface area (Å²) in [6, 6.07) is 9.18. The van der Waals surface area contributed by atoms with Crippen molar-refractivity contribution in [1.82, 2.24) is 19.6 Å². The number of nitrogens with one attached hydrogen (secondary N) is 1. The van der Waals surface area contributed by atoms with Crippen molar-refractivity contribution in [1.29, 1.82) is 0 Å². The van der Waals surface area contributed by atoms with Crippen LogP contribution in [0.25, 0.3) is 5.69 Å². The first-order chi connectivity index (χ1) is 14.3. The molecule has 0 saturated heterocycles. The molecule has 0 aliphatic carbocycles. The molecule has 0 unspecified atom stereocenters. The SMILES string of the molecule is COC(=O)CCc1c(C)nn(-c2ccc(C(=O)Nc3ccnn3C(C)C)cc2)c1C. The molecular weight excluding hydrogens is 382 g/mol. The van der Waals surface area contributed by atoms with E-state index in [1.807, 2.05) is 44.5 Å². The number of aromatic nitrogens is 4. The van der Waals surface area contributed by atoms with Crippen molar-refractivity contribution < 1.29 is 14.3 Å². The number of amides is 1. The van der Waals surface area contributed by atoms with E-state index >= 15 is 0 Å². The van der Waals surface area contributed by atoms with Gasteiger partial charge in [0.1, 0.15) is 5.82 Å². The molecular formula is C22H27N5O3. The Labute approximate surface area is 175 Å². The quantitative estimate of drug-likeness (QED) is 0.602. The normalized spacial score (nSPS) is 11.0. The smallest absolute Gasteiger partial charge is 0.305 e. The number of hydrogen-bond acceptors (Lipinski definition) is 5. The minimum atomic E-state index is -0.240. The van der Waals surface area contributed by atoms with Crippen LogP contribution >= 0.6 is 0 Å². The number of carbonyl (C=O) groups is 2. The maximum Gasteiger partial charge on any atom is 0.305 e. The average molecular weight is 409 g/mol. The van der Waals surface area contributed by atoms with Crippen LogP contribution in [0, 0.1) is 13.8 Å². The lowest BCUT2D eigenvalue weighted by Gasteiger charge is -2.12. The number of anilines is 1. The highest BCUT2D eigenvalue weighted by atomic mass is 16.5.